The summed E-state index contributed by atoms with van der Waals surface area (Å²) in [5.41, 5.74) is 1.94. The second-order valence-corrected chi connectivity index (χ2v) is 8.34. The Bertz CT molecular complexity index is 1290. The highest BCUT2D eigenvalue weighted by molar-refractivity contribution is 5.93. The molecule has 2 aromatic heterocycles. The molecule has 0 saturated heterocycles. The van der Waals surface area contributed by atoms with E-state index in [-0.39, 0.29) is 17.5 Å². The molecular weight excluding hydrogens is 437 g/mol. The largest absolute Gasteiger partial charge is 0.497 e. The zero-order valence-electron chi connectivity index (χ0n) is 19.5. The van der Waals surface area contributed by atoms with Gasteiger partial charge in [0.05, 0.1) is 19.4 Å². The molecule has 1 amide bonds. The standard InChI is InChI=1S/C25H26FN5O3/c1-16(2)15-34-24-21-13-27-22(25(32)30(3)14-17-5-11-20(33-4)12-6-17)28-23(21)31(29-24)19-9-7-18(26)8-10-19/h5-13,16H,14-15H2,1-4H3. The van der Waals surface area contributed by atoms with Gasteiger partial charge in [-0.05, 0) is 47.9 Å². The van der Waals surface area contributed by atoms with E-state index >= 15 is 0 Å². The zero-order valence-corrected chi connectivity index (χ0v) is 19.5. The van der Waals surface area contributed by atoms with Crippen LogP contribution in [0.1, 0.15) is 30.0 Å². The van der Waals surface area contributed by atoms with Gasteiger partial charge >= 0.3 is 0 Å². The third-order valence-electron chi connectivity index (χ3n) is 5.13. The number of fused-ring (bicyclic) bond motifs is 1. The van der Waals surface area contributed by atoms with Gasteiger partial charge in [0.25, 0.3) is 5.91 Å². The first-order valence-corrected chi connectivity index (χ1v) is 10.9. The number of benzene rings is 2. The summed E-state index contributed by atoms with van der Waals surface area (Å²) in [6, 6.07) is 13.3. The molecule has 0 spiro atoms. The Morgan fingerprint density at radius 2 is 1.82 bits per heavy atom. The van der Waals surface area contributed by atoms with Crippen LogP contribution in [-0.4, -0.2) is 51.3 Å². The lowest BCUT2D eigenvalue weighted by atomic mass is 10.2. The molecule has 0 unspecified atom stereocenters. The van der Waals surface area contributed by atoms with Crippen molar-refractivity contribution < 1.29 is 18.7 Å². The van der Waals surface area contributed by atoms with Gasteiger partial charge in [0.15, 0.2) is 5.65 Å². The van der Waals surface area contributed by atoms with Crippen molar-refractivity contribution in [2.75, 3.05) is 20.8 Å². The SMILES string of the molecule is COc1ccc(CN(C)C(=O)c2ncc3c(OCC(C)C)nn(-c4ccc(F)cc4)c3n2)cc1. The molecule has 0 aliphatic rings. The van der Waals surface area contributed by atoms with Gasteiger partial charge in [-0.3, -0.25) is 4.79 Å². The maximum atomic E-state index is 13.5. The molecular formula is C25H26FN5O3. The summed E-state index contributed by atoms with van der Waals surface area (Å²) < 4.78 is 26.0. The maximum absolute atomic E-state index is 13.5. The molecule has 0 saturated carbocycles. The minimum absolute atomic E-state index is 0.0298. The summed E-state index contributed by atoms with van der Waals surface area (Å²) in [4.78, 5) is 23.4. The van der Waals surface area contributed by atoms with Crippen molar-refractivity contribution in [2.24, 2.45) is 5.92 Å². The quantitative estimate of drug-likeness (QED) is 0.388. The van der Waals surface area contributed by atoms with Crippen molar-refractivity contribution in [3.63, 3.8) is 0 Å². The number of halogens is 1. The summed E-state index contributed by atoms with van der Waals surface area (Å²) in [7, 11) is 3.29. The van der Waals surface area contributed by atoms with Gasteiger partial charge in [-0.25, -0.2) is 19.0 Å². The molecule has 2 aromatic carbocycles. The smallest absolute Gasteiger partial charge is 0.291 e. The van der Waals surface area contributed by atoms with E-state index in [9.17, 15) is 9.18 Å². The summed E-state index contributed by atoms with van der Waals surface area (Å²) in [6.45, 7) is 4.90. The lowest BCUT2D eigenvalue weighted by molar-refractivity contribution is 0.0773. The number of nitrogens with zero attached hydrogens (tertiary/aromatic N) is 5. The van der Waals surface area contributed by atoms with Gasteiger partial charge in [0.2, 0.25) is 11.7 Å². The number of carbonyl (C=O) groups excluding carboxylic acids is 1. The maximum Gasteiger partial charge on any atom is 0.291 e. The number of hydrogen-bond donors (Lipinski definition) is 0. The first-order chi connectivity index (χ1) is 16.4. The second kappa shape index (κ2) is 9.86. The zero-order chi connectivity index (χ0) is 24.2. The first-order valence-electron chi connectivity index (χ1n) is 10.9. The van der Waals surface area contributed by atoms with Crippen molar-refractivity contribution >= 4 is 16.9 Å². The van der Waals surface area contributed by atoms with Gasteiger partial charge in [0.1, 0.15) is 17.0 Å². The molecule has 0 radical (unpaired) electrons. The van der Waals surface area contributed by atoms with Crippen LogP contribution in [0.15, 0.2) is 54.7 Å². The van der Waals surface area contributed by atoms with Gasteiger partial charge in [-0.15, -0.1) is 5.10 Å². The van der Waals surface area contributed by atoms with E-state index in [1.807, 2.05) is 38.1 Å². The third kappa shape index (κ3) is 4.98. The van der Waals surface area contributed by atoms with Crippen LogP contribution in [0.4, 0.5) is 4.39 Å². The lowest BCUT2D eigenvalue weighted by Gasteiger charge is -2.16. The molecule has 0 bridgehead atoms. The molecule has 2 heterocycles. The Kier molecular flexibility index (Phi) is 6.72. The Morgan fingerprint density at radius 3 is 2.47 bits per heavy atom. The highest BCUT2D eigenvalue weighted by atomic mass is 19.1. The number of methoxy groups -OCH3 is 1. The predicted molar refractivity (Wildman–Crippen MR) is 126 cm³/mol. The molecule has 0 atom stereocenters. The molecule has 176 valence electrons. The number of rotatable bonds is 8. The van der Waals surface area contributed by atoms with Crippen LogP contribution < -0.4 is 9.47 Å². The number of hydrogen-bond acceptors (Lipinski definition) is 6. The Hall–Kier alpha value is -4.01. The van der Waals surface area contributed by atoms with E-state index in [2.05, 4.69) is 15.1 Å². The minimum Gasteiger partial charge on any atom is -0.497 e. The van der Waals surface area contributed by atoms with E-state index in [1.165, 1.54) is 21.7 Å². The highest BCUT2D eigenvalue weighted by Gasteiger charge is 2.21. The fourth-order valence-corrected chi connectivity index (χ4v) is 3.34. The first kappa shape index (κ1) is 23.2. The number of ether oxygens (including phenoxy) is 2. The average molecular weight is 464 g/mol. The van der Waals surface area contributed by atoms with Crippen molar-refractivity contribution in [3.05, 3.63) is 71.9 Å². The normalized spacial score (nSPS) is 11.1. The van der Waals surface area contributed by atoms with Crippen molar-refractivity contribution in [1.82, 2.24) is 24.6 Å². The molecule has 0 N–H and O–H groups in total. The monoisotopic (exact) mass is 463 g/mol. The topological polar surface area (TPSA) is 82.4 Å². The summed E-state index contributed by atoms with van der Waals surface area (Å²) >= 11 is 0. The average Bonchev–Trinajstić information content (AvgIpc) is 3.21. The Morgan fingerprint density at radius 1 is 1.12 bits per heavy atom. The number of carbonyl (C=O) groups is 1. The summed E-state index contributed by atoms with van der Waals surface area (Å²) in [5.74, 6) is 0.729. The van der Waals surface area contributed by atoms with Crippen LogP contribution >= 0.6 is 0 Å². The fraction of sp³-hybridized carbons (Fsp3) is 0.280. The van der Waals surface area contributed by atoms with Crippen LogP contribution in [-0.2, 0) is 6.54 Å². The Balaban J connectivity index is 1.67. The Labute approximate surface area is 197 Å². The molecule has 34 heavy (non-hydrogen) atoms. The molecule has 0 fully saturated rings. The molecule has 0 aliphatic heterocycles. The number of amides is 1. The molecule has 4 aromatic rings. The van der Waals surface area contributed by atoms with Gasteiger partial charge < -0.3 is 14.4 Å². The summed E-state index contributed by atoms with van der Waals surface area (Å²) in [6.07, 6.45) is 1.54. The molecule has 4 rings (SSSR count). The van der Waals surface area contributed by atoms with Crippen molar-refractivity contribution in [3.8, 4) is 17.3 Å². The third-order valence-corrected chi connectivity index (χ3v) is 5.13. The van der Waals surface area contributed by atoms with Crippen molar-refractivity contribution in [2.45, 2.75) is 20.4 Å². The lowest BCUT2D eigenvalue weighted by Crippen LogP contribution is -2.28. The predicted octanol–water partition coefficient (Wildman–Crippen LogP) is 4.27. The fourth-order valence-electron chi connectivity index (χ4n) is 3.34. The van der Waals surface area contributed by atoms with Gasteiger partial charge in [0, 0.05) is 19.8 Å². The second-order valence-electron chi connectivity index (χ2n) is 8.34. The van der Waals surface area contributed by atoms with Gasteiger partial charge in [-0.1, -0.05) is 26.0 Å². The van der Waals surface area contributed by atoms with E-state index in [0.717, 1.165) is 11.3 Å². The van der Waals surface area contributed by atoms with Crippen LogP contribution in [0.2, 0.25) is 0 Å². The van der Waals surface area contributed by atoms with E-state index < -0.39 is 0 Å². The molecule has 0 aliphatic carbocycles. The van der Waals surface area contributed by atoms with E-state index in [1.54, 1.807) is 32.5 Å². The molecule has 9 heteroatoms. The van der Waals surface area contributed by atoms with Crippen LogP contribution in [0.3, 0.4) is 0 Å². The van der Waals surface area contributed by atoms with E-state index in [4.69, 9.17) is 9.47 Å². The molecule has 8 nitrogen and oxygen atoms in total. The van der Waals surface area contributed by atoms with E-state index in [0.29, 0.717) is 41.7 Å². The highest BCUT2D eigenvalue weighted by Crippen LogP contribution is 2.26. The van der Waals surface area contributed by atoms with Crippen LogP contribution in [0.5, 0.6) is 11.6 Å². The van der Waals surface area contributed by atoms with Crippen LogP contribution in [0.25, 0.3) is 16.7 Å². The van der Waals surface area contributed by atoms with Crippen molar-refractivity contribution in [1.29, 1.82) is 0 Å². The number of aromatic nitrogens is 4. The van der Waals surface area contributed by atoms with Gasteiger partial charge in [-0.2, -0.15) is 0 Å². The van der Waals surface area contributed by atoms with Crippen LogP contribution in [0, 0.1) is 11.7 Å². The summed E-state index contributed by atoms with van der Waals surface area (Å²) in [5, 5.41) is 5.09. The minimum atomic E-state index is -0.359.